The molecule has 0 saturated heterocycles. The van der Waals surface area contributed by atoms with Crippen molar-refractivity contribution >= 4 is 11.9 Å². The number of esters is 2. The van der Waals surface area contributed by atoms with Gasteiger partial charge < -0.3 is 19.0 Å². The van der Waals surface area contributed by atoms with Gasteiger partial charge in [0.05, 0.1) is 17.9 Å². The number of H-pyrrole nitrogens is 1. The minimum absolute atomic E-state index is 0.0219. The van der Waals surface area contributed by atoms with Gasteiger partial charge in [-0.25, -0.2) is 9.59 Å². The van der Waals surface area contributed by atoms with E-state index < -0.39 is 11.9 Å². The first kappa shape index (κ1) is 15.8. The Kier molecular flexibility index (Phi) is 4.65. The fraction of sp³-hybridized carbons (Fsp3) is 0.400. The predicted molar refractivity (Wildman–Crippen MR) is 76.6 cm³/mol. The van der Waals surface area contributed by atoms with Gasteiger partial charge in [0.1, 0.15) is 5.69 Å². The average molecular weight is 306 g/mol. The average Bonchev–Trinajstić information content (AvgIpc) is 3.00. The fourth-order valence-electron chi connectivity index (χ4n) is 2.16. The highest BCUT2D eigenvalue weighted by Crippen LogP contribution is 2.20. The van der Waals surface area contributed by atoms with Crippen molar-refractivity contribution in [2.45, 2.75) is 34.3 Å². The standard InChI is InChI=1S/C15H18N2O5/c1-5-20-14(18)12-9(3)13(16-10(12)4)15(19)21-7-11-6-8(2)17-22-11/h6,16H,5,7H2,1-4H3. The first-order valence-electron chi connectivity index (χ1n) is 6.89. The molecule has 0 amide bonds. The van der Waals surface area contributed by atoms with Crippen LogP contribution < -0.4 is 0 Å². The molecular weight excluding hydrogens is 288 g/mol. The second-order valence-electron chi connectivity index (χ2n) is 4.86. The van der Waals surface area contributed by atoms with Gasteiger partial charge in [-0.2, -0.15) is 0 Å². The third-order valence-corrected chi connectivity index (χ3v) is 3.14. The number of hydrogen-bond donors (Lipinski definition) is 1. The van der Waals surface area contributed by atoms with E-state index >= 15 is 0 Å². The molecule has 0 aromatic carbocycles. The molecule has 0 unspecified atom stereocenters. The number of aryl methyl sites for hydroxylation is 2. The molecule has 7 nitrogen and oxygen atoms in total. The van der Waals surface area contributed by atoms with Gasteiger partial charge in [-0.3, -0.25) is 0 Å². The zero-order chi connectivity index (χ0) is 16.3. The molecule has 2 aromatic heterocycles. The molecule has 22 heavy (non-hydrogen) atoms. The highest BCUT2D eigenvalue weighted by atomic mass is 16.6. The molecule has 7 heteroatoms. The Morgan fingerprint density at radius 3 is 2.55 bits per heavy atom. The number of rotatable bonds is 5. The number of hydrogen-bond acceptors (Lipinski definition) is 6. The lowest BCUT2D eigenvalue weighted by molar-refractivity contribution is 0.0430. The molecule has 0 radical (unpaired) electrons. The maximum absolute atomic E-state index is 12.1. The van der Waals surface area contributed by atoms with Crippen LogP contribution in [0.3, 0.4) is 0 Å². The van der Waals surface area contributed by atoms with Gasteiger partial charge in [-0.05, 0) is 33.3 Å². The molecule has 0 aliphatic carbocycles. The lowest BCUT2D eigenvalue weighted by Gasteiger charge is -2.03. The molecule has 0 fully saturated rings. The maximum Gasteiger partial charge on any atom is 0.355 e. The van der Waals surface area contributed by atoms with Crippen LogP contribution in [0.15, 0.2) is 10.6 Å². The zero-order valence-electron chi connectivity index (χ0n) is 13.0. The molecule has 118 valence electrons. The summed E-state index contributed by atoms with van der Waals surface area (Å²) in [5.74, 6) is -0.568. The van der Waals surface area contributed by atoms with Crippen molar-refractivity contribution in [2.24, 2.45) is 0 Å². The van der Waals surface area contributed by atoms with E-state index in [-0.39, 0.29) is 18.9 Å². The summed E-state index contributed by atoms with van der Waals surface area (Å²) in [4.78, 5) is 26.9. The van der Waals surface area contributed by atoms with Gasteiger partial charge in [0.2, 0.25) is 0 Å². The Morgan fingerprint density at radius 2 is 1.95 bits per heavy atom. The number of aromatic nitrogens is 2. The largest absolute Gasteiger partial charge is 0.462 e. The van der Waals surface area contributed by atoms with Crippen LogP contribution in [0.1, 0.15) is 50.5 Å². The molecule has 0 spiro atoms. The first-order valence-corrected chi connectivity index (χ1v) is 6.89. The summed E-state index contributed by atoms with van der Waals surface area (Å²) in [6.07, 6.45) is 0. The Balaban J connectivity index is 2.13. The summed E-state index contributed by atoms with van der Waals surface area (Å²) < 4.78 is 15.1. The highest BCUT2D eigenvalue weighted by molar-refractivity contribution is 5.98. The van der Waals surface area contributed by atoms with Gasteiger partial charge in [0, 0.05) is 11.8 Å². The SMILES string of the molecule is CCOC(=O)c1c(C)[nH]c(C(=O)OCc2cc(C)no2)c1C. The van der Waals surface area contributed by atoms with Crippen LogP contribution in [0.4, 0.5) is 0 Å². The number of aromatic amines is 1. The lowest BCUT2D eigenvalue weighted by Crippen LogP contribution is -2.09. The monoisotopic (exact) mass is 306 g/mol. The van der Waals surface area contributed by atoms with Crippen LogP contribution in [0.25, 0.3) is 0 Å². The zero-order valence-corrected chi connectivity index (χ0v) is 13.0. The van der Waals surface area contributed by atoms with Gasteiger partial charge in [-0.1, -0.05) is 5.16 Å². The van der Waals surface area contributed by atoms with Gasteiger partial charge >= 0.3 is 11.9 Å². The third-order valence-electron chi connectivity index (χ3n) is 3.14. The normalized spacial score (nSPS) is 10.5. The van der Waals surface area contributed by atoms with Crippen LogP contribution in [0, 0.1) is 20.8 Å². The summed E-state index contributed by atoms with van der Waals surface area (Å²) >= 11 is 0. The quantitative estimate of drug-likeness (QED) is 0.853. The highest BCUT2D eigenvalue weighted by Gasteiger charge is 2.23. The first-order chi connectivity index (χ1) is 10.4. The van der Waals surface area contributed by atoms with E-state index in [1.807, 2.05) is 0 Å². The van der Waals surface area contributed by atoms with E-state index in [1.54, 1.807) is 33.8 Å². The second-order valence-corrected chi connectivity index (χ2v) is 4.86. The summed E-state index contributed by atoms with van der Waals surface area (Å²) in [7, 11) is 0. The fourth-order valence-corrected chi connectivity index (χ4v) is 2.16. The molecule has 0 aliphatic rings. The number of carbonyl (C=O) groups excluding carboxylic acids is 2. The summed E-state index contributed by atoms with van der Waals surface area (Å²) in [6.45, 7) is 7.13. The molecule has 0 aliphatic heterocycles. The Morgan fingerprint density at radius 1 is 1.23 bits per heavy atom. The Hall–Kier alpha value is -2.57. The molecule has 0 bridgehead atoms. The second kappa shape index (κ2) is 6.46. The summed E-state index contributed by atoms with van der Waals surface area (Å²) in [6, 6.07) is 1.68. The molecule has 2 aromatic rings. The van der Waals surface area contributed by atoms with E-state index in [2.05, 4.69) is 10.1 Å². The molecule has 1 N–H and O–H groups in total. The van der Waals surface area contributed by atoms with Crippen LogP contribution in [0.2, 0.25) is 0 Å². The topological polar surface area (TPSA) is 94.4 Å². The van der Waals surface area contributed by atoms with Crippen molar-refractivity contribution in [3.63, 3.8) is 0 Å². The van der Waals surface area contributed by atoms with Gasteiger partial charge in [0.15, 0.2) is 12.4 Å². The van der Waals surface area contributed by atoms with E-state index in [0.29, 0.717) is 28.3 Å². The van der Waals surface area contributed by atoms with Crippen LogP contribution in [-0.2, 0) is 16.1 Å². The van der Waals surface area contributed by atoms with Crippen LogP contribution in [0.5, 0.6) is 0 Å². The van der Waals surface area contributed by atoms with Crippen molar-refractivity contribution in [1.29, 1.82) is 0 Å². The molecule has 2 rings (SSSR count). The van der Waals surface area contributed by atoms with Crippen LogP contribution in [-0.4, -0.2) is 28.7 Å². The van der Waals surface area contributed by atoms with Crippen molar-refractivity contribution < 1.29 is 23.6 Å². The van der Waals surface area contributed by atoms with E-state index in [4.69, 9.17) is 14.0 Å². The van der Waals surface area contributed by atoms with Crippen molar-refractivity contribution in [2.75, 3.05) is 6.61 Å². The van der Waals surface area contributed by atoms with E-state index in [9.17, 15) is 9.59 Å². The third kappa shape index (κ3) is 3.19. The van der Waals surface area contributed by atoms with Crippen LogP contribution >= 0.6 is 0 Å². The van der Waals surface area contributed by atoms with Gasteiger partial charge in [-0.15, -0.1) is 0 Å². The van der Waals surface area contributed by atoms with Crippen molar-refractivity contribution in [3.8, 4) is 0 Å². The Labute approximate surface area is 127 Å². The van der Waals surface area contributed by atoms with Gasteiger partial charge in [0.25, 0.3) is 0 Å². The maximum atomic E-state index is 12.1. The number of carbonyl (C=O) groups is 2. The predicted octanol–water partition coefficient (Wildman–Crippen LogP) is 2.46. The van der Waals surface area contributed by atoms with E-state index in [1.165, 1.54) is 0 Å². The smallest absolute Gasteiger partial charge is 0.355 e. The summed E-state index contributed by atoms with van der Waals surface area (Å²) in [5, 5.41) is 3.71. The number of ether oxygens (including phenoxy) is 2. The summed E-state index contributed by atoms with van der Waals surface area (Å²) in [5.41, 5.74) is 2.39. The molecule has 0 atom stereocenters. The minimum Gasteiger partial charge on any atom is -0.462 e. The van der Waals surface area contributed by atoms with E-state index in [0.717, 1.165) is 0 Å². The van der Waals surface area contributed by atoms with Crippen molar-refractivity contribution in [1.82, 2.24) is 10.1 Å². The number of nitrogens with one attached hydrogen (secondary N) is 1. The number of nitrogens with zero attached hydrogens (tertiary/aromatic N) is 1. The van der Waals surface area contributed by atoms with Crippen molar-refractivity contribution in [3.05, 3.63) is 40.0 Å². The Bertz CT molecular complexity index is 699. The molecular formula is C15H18N2O5. The molecule has 2 heterocycles. The lowest BCUT2D eigenvalue weighted by atomic mass is 10.1. The minimum atomic E-state index is -0.565. The molecule has 0 saturated carbocycles.